The SMILES string of the molecule is CCCCC1CC1(C(=O)O)C(=O)OC. The van der Waals surface area contributed by atoms with Gasteiger partial charge in [0, 0.05) is 0 Å². The number of methoxy groups -OCH3 is 1. The minimum atomic E-state index is -1.22. The summed E-state index contributed by atoms with van der Waals surface area (Å²) in [6.07, 6.45) is 3.23. The molecule has 0 spiro atoms. The van der Waals surface area contributed by atoms with Crippen molar-refractivity contribution in [2.24, 2.45) is 11.3 Å². The molecule has 80 valence electrons. The van der Waals surface area contributed by atoms with E-state index >= 15 is 0 Å². The van der Waals surface area contributed by atoms with Crippen LogP contribution in [0.5, 0.6) is 0 Å². The van der Waals surface area contributed by atoms with Crippen LogP contribution in [-0.4, -0.2) is 24.2 Å². The fraction of sp³-hybridized carbons (Fsp3) is 0.800. The first-order valence-electron chi connectivity index (χ1n) is 4.91. The van der Waals surface area contributed by atoms with E-state index in [4.69, 9.17) is 5.11 Å². The average molecular weight is 200 g/mol. The average Bonchev–Trinajstić information content (AvgIpc) is 2.89. The number of aliphatic carboxylic acids is 1. The molecule has 14 heavy (non-hydrogen) atoms. The summed E-state index contributed by atoms with van der Waals surface area (Å²) in [5, 5.41) is 8.97. The van der Waals surface area contributed by atoms with E-state index in [-0.39, 0.29) is 5.92 Å². The number of unbranched alkanes of at least 4 members (excludes halogenated alkanes) is 1. The lowest BCUT2D eigenvalue weighted by Crippen LogP contribution is -2.29. The molecule has 1 aliphatic rings. The van der Waals surface area contributed by atoms with E-state index in [0.29, 0.717) is 6.42 Å². The third-order valence-electron chi connectivity index (χ3n) is 2.94. The van der Waals surface area contributed by atoms with E-state index in [1.165, 1.54) is 7.11 Å². The summed E-state index contributed by atoms with van der Waals surface area (Å²) in [5.41, 5.74) is -1.22. The van der Waals surface area contributed by atoms with Gasteiger partial charge in [0.1, 0.15) is 0 Å². The number of carboxylic acids is 1. The van der Waals surface area contributed by atoms with Crippen LogP contribution in [0.4, 0.5) is 0 Å². The largest absolute Gasteiger partial charge is 0.480 e. The molecule has 0 heterocycles. The Morgan fingerprint density at radius 2 is 2.21 bits per heavy atom. The van der Waals surface area contributed by atoms with E-state index in [0.717, 1.165) is 19.3 Å². The van der Waals surface area contributed by atoms with Crippen molar-refractivity contribution in [1.82, 2.24) is 0 Å². The second-order valence-corrected chi connectivity index (χ2v) is 3.81. The van der Waals surface area contributed by atoms with Crippen molar-refractivity contribution >= 4 is 11.9 Å². The summed E-state index contributed by atoms with van der Waals surface area (Å²) >= 11 is 0. The molecule has 0 aromatic rings. The zero-order valence-electron chi connectivity index (χ0n) is 8.58. The quantitative estimate of drug-likeness (QED) is 0.538. The first-order valence-corrected chi connectivity index (χ1v) is 4.91. The van der Waals surface area contributed by atoms with Crippen LogP contribution in [-0.2, 0) is 14.3 Å². The number of carbonyl (C=O) groups is 2. The van der Waals surface area contributed by atoms with Gasteiger partial charge in [-0.3, -0.25) is 9.59 Å². The van der Waals surface area contributed by atoms with Crippen molar-refractivity contribution in [3.63, 3.8) is 0 Å². The molecule has 4 heteroatoms. The molecule has 0 amide bonds. The maximum Gasteiger partial charge on any atom is 0.323 e. The highest BCUT2D eigenvalue weighted by Crippen LogP contribution is 2.56. The summed E-state index contributed by atoms with van der Waals surface area (Å²) in [6.45, 7) is 2.04. The number of rotatable bonds is 5. The van der Waals surface area contributed by atoms with E-state index in [2.05, 4.69) is 4.74 Å². The fourth-order valence-corrected chi connectivity index (χ4v) is 1.91. The van der Waals surface area contributed by atoms with E-state index < -0.39 is 17.4 Å². The van der Waals surface area contributed by atoms with Gasteiger partial charge in [0.15, 0.2) is 5.41 Å². The molecule has 0 aromatic heterocycles. The van der Waals surface area contributed by atoms with Gasteiger partial charge in [0.25, 0.3) is 0 Å². The topological polar surface area (TPSA) is 63.6 Å². The molecule has 1 fully saturated rings. The predicted octanol–water partition coefficient (Wildman–Crippen LogP) is 1.44. The van der Waals surface area contributed by atoms with Gasteiger partial charge in [-0.2, -0.15) is 0 Å². The number of hydrogen-bond donors (Lipinski definition) is 1. The number of carbonyl (C=O) groups excluding carboxylic acids is 1. The summed E-state index contributed by atoms with van der Waals surface area (Å²) in [6, 6.07) is 0. The van der Waals surface area contributed by atoms with Crippen LogP contribution in [0.3, 0.4) is 0 Å². The highest BCUT2D eigenvalue weighted by atomic mass is 16.5. The van der Waals surface area contributed by atoms with Crippen LogP contribution in [0.2, 0.25) is 0 Å². The minimum Gasteiger partial charge on any atom is -0.480 e. The van der Waals surface area contributed by atoms with Gasteiger partial charge in [0.2, 0.25) is 0 Å². The van der Waals surface area contributed by atoms with Crippen LogP contribution >= 0.6 is 0 Å². The highest BCUT2D eigenvalue weighted by Gasteiger charge is 2.66. The van der Waals surface area contributed by atoms with E-state index in [1.54, 1.807) is 0 Å². The van der Waals surface area contributed by atoms with Gasteiger partial charge in [0.05, 0.1) is 7.11 Å². The van der Waals surface area contributed by atoms with Crippen LogP contribution in [0, 0.1) is 11.3 Å². The smallest absolute Gasteiger partial charge is 0.323 e. The van der Waals surface area contributed by atoms with Crippen molar-refractivity contribution in [3.8, 4) is 0 Å². The molecule has 1 saturated carbocycles. The van der Waals surface area contributed by atoms with Gasteiger partial charge < -0.3 is 9.84 Å². The molecule has 2 unspecified atom stereocenters. The zero-order chi connectivity index (χ0) is 10.8. The van der Waals surface area contributed by atoms with Gasteiger partial charge in [-0.25, -0.2) is 0 Å². The van der Waals surface area contributed by atoms with Gasteiger partial charge in [-0.05, 0) is 18.8 Å². The molecule has 0 aromatic carbocycles. The molecule has 2 atom stereocenters. The Morgan fingerprint density at radius 3 is 2.64 bits per heavy atom. The molecule has 0 radical (unpaired) electrons. The van der Waals surface area contributed by atoms with Crippen LogP contribution in [0.1, 0.15) is 32.6 Å². The lowest BCUT2D eigenvalue weighted by atomic mass is 10.0. The maximum atomic E-state index is 11.3. The number of esters is 1. The number of hydrogen-bond acceptors (Lipinski definition) is 3. The van der Waals surface area contributed by atoms with Crippen LogP contribution < -0.4 is 0 Å². The first kappa shape index (κ1) is 11.0. The molecule has 1 aliphatic carbocycles. The Balaban J connectivity index is 2.62. The van der Waals surface area contributed by atoms with E-state index in [1.807, 2.05) is 6.92 Å². The molecular formula is C10H16O4. The first-order chi connectivity index (χ1) is 6.59. The van der Waals surface area contributed by atoms with Gasteiger partial charge in [-0.15, -0.1) is 0 Å². The monoisotopic (exact) mass is 200 g/mol. The third-order valence-corrected chi connectivity index (χ3v) is 2.94. The van der Waals surface area contributed by atoms with Gasteiger partial charge in [-0.1, -0.05) is 19.8 Å². The normalized spacial score (nSPS) is 29.7. The second-order valence-electron chi connectivity index (χ2n) is 3.81. The summed E-state index contributed by atoms with van der Waals surface area (Å²) in [7, 11) is 1.24. The lowest BCUT2D eigenvalue weighted by molar-refractivity contribution is -0.160. The Hall–Kier alpha value is -1.06. The Kier molecular flexibility index (Phi) is 3.13. The summed E-state index contributed by atoms with van der Waals surface area (Å²) in [4.78, 5) is 22.3. The standard InChI is InChI=1S/C10H16O4/c1-3-4-5-7-6-10(7,8(11)12)9(13)14-2/h7H,3-6H2,1-2H3,(H,11,12). The van der Waals surface area contributed by atoms with Crippen LogP contribution in [0.25, 0.3) is 0 Å². The van der Waals surface area contributed by atoms with E-state index in [9.17, 15) is 9.59 Å². The summed E-state index contributed by atoms with van der Waals surface area (Å²) < 4.78 is 4.53. The summed E-state index contributed by atoms with van der Waals surface area (Å²) in [5.74, 6) is -1.65. The maximum absolute atomic E-state index is 11.3. The highest BCUT2D eigenvalue weighted by molar-refractivity contribution is 6.02. The molecule has 1 rings (SSSR count). The number of ether oxygens (including phenoxy) is 1. The van der Waals surface area contributed by atoms with Crippen molar-refractivity contribution in [1.29, 1.82) is 0 Å². The molecular weight excluding hydrogens is 184 g/mol. The molecule has 0 bridgehead atoms. The zero-order valence-corrected chi connectivity index (χ0v) is 8.58. The third kappa shape index (κ3) is 1.61. The Labute approximate surface area is 83.2 Å². The van der Waals surface area contributed by atoms with Crippen molar-refractivity contribution < 1.29 is 19.4 Å². The molecule has 1 N–H and O–H groups in total. The second kappa shape index (κ2) is 3.98. The molecule has 4 nitrogen and oxygen atoms in total. The molecule has 0 saturated heterocycles. The molecule has 0 aliphatic heterocycles. The Bertz CT molecular complexity index is 249. The van der Waals surface area contributed by atoms with Crippen molar-refractivity contribution in [2.75, 3.05) is 7.11 Å². The predicted molar refractivity (Wildman–Crippen MR) is 49.7 cm³/mol. The van der Waals surface area contributed by atoms with Crippen molar-refractivity contribution in [3.05, 3.63) is 0 Å². The lowest BCUT2D eigenvalue weighted by Gasteiger charge is -2.08. The van der Waals surface area contributed by atoms with Crippen LogP contribution in [0.15, 0.2) is 0 Å². The Morgan fingerprint density at radius 1 is 1.57 bits per heavy atom. The van der Waals surface area contributed by atoms with Gasteiger partial charge >= 0.3 is 11.9 Å². The number of carboxylic acid groups (broad SMARTS) is 1. The van der Waals surface area contributed by atoms with Crippen molar-refractivity contribution in [2.45, 2.75) is 32.6 Å². The minimum absolute atomic E-state index is 0.0209. The fourth-order valence-electron chi connectivity index (χ4n) is 1.91.